The fourth-order valence-electron chi connectivity index (χ4n) is 1.88. The Bertz CT molecular complexity index is 675. The van der Waals surface area contributed by atoms with E-state index in [1.807, 2.05) is 0 Å². The minimum Gasteiger partial charge on any atom is -0.463 e. The highest BCUT2D eigenvalue weighted by atomic mass is 16.5. The van der Waals surface area contributed by atoms with E-state index in [2.05, 4.69) is 15.4 Å². The van der Waals surface area contributed by atoms with Gasteiger partial charge < -0.3 is 15.2 Å². The minimum atomic E-state index is -0.312. The van der Waals surface area contributed by atoms with Crippen LogP contribution in [0.4, 0.5) is 5.95 Å². The van der Waals surface area contributed by atoms with E-state index >= 15 is 0 Å². The van der Waals surface area contributed by atoms with E-state index in [1.54, 1.807) is 32.0 Å². The molecule has 0 bridgehead atoms. The fourth-order valence-corrected chi connectivity index (χ4v) is 1.88. The van der Waals surface area contributed by atoms with E-state index in [0.29, 0.717) is 28.0 Å². The van der Waals surface area contributed by atoms with Gasteiger partial charge in [-0.2, -0.15) is 0 Å². The van der Waals surface area contributed by atoms with E-state index in [0.717, 1.165) is 0 Å². The number of fused-ring (bicyclic) bond motifs is 1. The van der Waals surface area contributed by atoms with Crippen molar-refractivity contribution in [2.24, 2.45) is 0 Å². The van der Waals surface area contributed by atoms with Crippen molar-refractivity contribution in [1.82, 2.24) is 10.1 Å². The lowest BCUT2D eigenvalue weighted by molar-refractivity contribution is -0.928. The molecule has 0 radical (unpaired) electrons. The summed E-state index contributed by atoms with van der Waals surface area (Å²) in [6, 6.07) is 4.98. The maximum atomic E-state index is 11.4. The number of aliphatic hydroxyl groups excluding tert-OH is 1. The largest absolute Gasteiger partial charge is 0.463 e. The molecule has 0 unspecified atom stereocenters. The summed E-state index contributed by atoms with van der Waals surface area (Å²) in [5.41, 5.74) is 1.55. The number of rotatable bonds is 6. The van der Waals surface area contributed by atoms with E-state index in [-0.39, 0.29) is 31.0 Å². The molecule has 8 heteroatoms. The van der Waals surface area contributed by atoms with Crippen LogP contribution in [0.2, 0.25) is 0 Å². The van der Waals surface area contributed by atoms with Crippen LogP contribution in [-0.4, -0.2) is 39.0 Å². The van der Waals surface area contributed by atoms with Crippen molar-refractivity contribution in [1.29, 1.82) is 0 Å². The van der Waals surface area contributed by atoms with Gasteiger partial charge in [0.1, 0.15) is 10.4 Å². The number of benzene rings is 1. The van der Waals surface area contributed by atoms with Crippen molar-refractivity contribution in [3.8, 4) is 0 Å². The van der Waals surface area contributed by atoms with Gasteiger partial charge in [-0.15, -0.1) is 0 Å². The zero-order valence-corrected chi connectivity index (χ0v) is 12.5. The number of anilines is 1. The average Bonchev–Trinajstić information content (AvgIpc) is 2.46. The number of carbonyl (C=O) groups excluding carboxylic acids is 1. The predicted octanol–water partition coefficient (Wildman–Crippen LogP) is 0.400. The van der Waals surface area contributed by atoms with Gasteiger partial charge in [-0.3, -0.25) is 10.0 Å². The molecule has 0 amide bonds. The topological polar surface area (TPSA) is 108 Å². The van der Waals surface area contributed by atoms with E-state index in [4.69, 9.17) is 9.84 Å². The van der Waals surface area contributed by atoms with E-state index < -0.39 is 0 Å². The van der Waals surface area contributed by atoms with Crippen LogP contribution in [0.5, 0.6) is 0 Å². The van der Waals surface area contributed by atoms with E-state index in [9.17, 15) is 10.0 Å². The molecule has 0 aliphatic carbocycles. The normalized spacial score (nSPS) is 10.9. The van der Waals surface area contributed by atoms with Gasteiger partial charge >= 0.3 is 11.5 Å². The van der Waals surface area contributed by atoms with Crippen LogP contribution in [-0.2, 0) is 16.1 Å². The van der Waals surface area contributed by atoms with Gasteiger partial charge in [0.25, 0.3) is 5.95 Å². The third-order valence-corrected chi connectivity index (χ3v) is 2.83. The van der Waals surface area contributed by atoms with Gasteiger partial charge in [0.05, 0.1) is 24.2 Å². The van der Waals surface area contributed by atoms with Gasteiger partial charge in [-0.1, -0.05) is 6.07 Å². The first kappa shape index (κ1) is 15.9. The average molecular weight is 307 g/mol. The van der Waals surface area contributed by atoms with Gasteiger partial charge in [-0.25, -0.2) is 4.98 Å². The van der Waals surface area contributed by atoms with Crippen molar-refractivity contribution in [3.63, 3.8) is 0 Å². The molecule has 0 saturated carbocycles. The molecule has 2 rings (SSSR count). The standard InChI is InChI=1S/C14H19N4O4/c1-9(2)22-13(20)5-6-15-14-16-11-4-3-10(8-19)7-12(11)18(21)17-14/h3-4,7,9,19H,5-6,8H2,1-2H3,(H2,15,16,17,21)/q+1. The molecule has 0 saturated heterocycles. The molecule has 0 aliphatic heterocycles. The molecule has 0 atom stereocenters. The molecule has 3 N–H and O–H groups in total. The summed E-state index contributed by atoms with van der Waals surface area (Å²) in [6.07, 6.45) is 0.0267. The Kier molecular flexibility index (Phi) is 5.05. The second-order valence-electron chi connectivity index (χ2n) is 5.02. The van der Waals surface area contributed by atoms with Gasteiger partial charge in [0.15, 0.2) is 0 Å². The van der Waals surface area contributed by atoms with Crippen LogP contribution in [0, 0.1) is 0 Å². The maximum Gasteiger partial charge on any atom is 0.315 e. The molecule has 1 heterocycles. The number of hydrogen-bond donors (Lipinski definition) is 3. The summed E-state index contributed by atoms with van der Waals surface area (Å²) >= 11 is 0. The van der Waals surface area contributed by atoms with Crippen LogP contribution >= 0.6 is 0 Å². The minimum absolute atomic E-state index is 0.131. The molecule has 8 nitrogen and oxygen atoms in total. The summed E-state index contributed by atoms with van der Waals surface area (Å²) in [5, 5.41) is 25.6. The SMILES string of the molecule is CC(C)OC(=O)CCNc1nc2ccc(CO)cc2[n+](O)n1. The molecule has 2 aromatic rings. The number of nitrogens with one attached hydrogen (secondary N) is 1. The summed E-state index contributed by atoms with van der Waals surface area (Å²) in [6.45, 7) is 3.74. The first-order valence-corrected chi connectivity index (χ1v) is 6.96. The lowest BCUT2D eigenvalue weighted by Crippen LogP contribution is -2.37. The van der Waals surface area contributed by atoms with Crippen LogP contribution in [0.3, 0.4) is 0 Å². The molecule has 1 aromatic carbocycles. The van der Waals surface area contributed by atoms with Crippen LogP contribution in [0.25, 0.3) is 11.0 Å². The number of aliphatic hydroxyl groups is 1. The number of carbonyl (C=O) groups is 1. The summed E-state index contributed by atoms with van der Waals surface area (Å²) in [7, 11) is 0. The number of nitrogens with zero attached hydrogens (tertiary/aromatic N) is 3. The Morgan fingerprint density at radius 2 is 2.23 bits per heavy atom. The Hall–Kier alpha value is -2.48. The summed E-state index contributed by atoms with van der Waals surface area (Å²) in [5.74, 6) is -0.114. The second kappa shape index (κ2) is 6.99. The van der Waals surface area contributed by atoms with Gasteiger partial charge in [0, 0.05) is 12.6 Å². The molecule has 0 aliphatic rings. The molecule has 22 heavy (non-hydrogen) atoms. The molecule has 0 fully saturated rings. The predicted molar refractivity (Wildman–Crippen MR) is 77.2 cm³/mol. The van der Waals surface area contributed by atoms with Crippen molar-refractivity contribution < 1.29 is 24.7 Å². The third kappa shape index (κ3) is 4.01. The third-order valence-electron chi connectivity index (χ3n) is 2.83. The van der Waals surface area contributed by atoms with Crippen LogP contribution < -0.4 is 10.2 Å². The number of ether oxygens (including phenoxy) is 1. The van der Waals surface area contributed by atoms with Crippen LogP contribution in [0.15, 0.2) is 18.2 Å². The van der Waals surface area contributed by atoms with Crippen molar-refractivity contribution >= 4 is 23.0 Å². The van der Waals surface area contributed by atoms with Crippen molar-refractivity contribution in [2.75, 3.05) is 11.9 Å². The highest BCUT2D eigenvalue weighted by Crippen LogP contribution is 2.11. The van der Waals surface area contributed by atoms with E-state index in [1.165, 1.54) is 0 Å². The fraction of sp³-hybridized carbons (Fsp3) is 0.429. The smallest absolute Gasteiger partial charge is 0.315 e. The number of hydrogen-bond acceptors (Lipinski definition) is 7. The Balaban J connectivity index is 2.05. The summed E-state index contributed by atoms with van der Waals surface area (Å²) in [4.78, 5) is 16.3. The number of esters is 1. The molecule has 0 spiro atoms. The first-order chi connectivity index (χ1) is 10.5. The first-order valence-electron chi connectivity index (χ1n) is 6.96. The number of aromatic nitrogens is 3. The quantitative estimate of drug-likeness (QED) is 0.403. The lowest BCUT2D eigenvalue weighted by Gasteiger charge is -2.07. The van der Waals surface area contributed by atoms with Gasteiger partial charge in [0.2, 0.25) is 0 Å². The molecular formula is C14H19N4O4+. The summed E-state index contributed by atoms with van der Waals surface area (Å²) < 4.78 is 5.01. The zero-order chi connectivity index (χ0) is 16.1. The highest BCUT2D eigenvalue weighted by Gasteiger charge is 2.15. The molecule has 1 aromatic heterocycles. The maximum absolute atomic E-state index is 11.4. The Morgan fingerprint density at radius 1 is 1.45 bits per heavy atom. The van der Waals surface area contributed by atoms with Crippen molar-refractivity contribution in [3.05, 3.63) is 23.8 Å². The lowest BCUT2D eigenvalue weighted by atomic mass is 10.2. The second-order valence-corrected chi connectivity index (χ2v) is 5.02. The zero-order valence-electron chi connectivity index (χ0n) is 12.5. The molecular weight excluding hydrogens is 288 g/mol. The molecule has 118 valence electrons. The van der Waals surface area contributed by atoms with Crippen LogP contribution in [0.1, 0.15) is 25.8 Å². The monoisotopic (exact) mass is 307 g/mol. The Labute approximate surface area is 127 Å². The Morgan fingerprint density at radius 3 is 2.91 bits per heavy atom. The highest BCUT2D eigenvalue weighted by molar-refractivity contribution is 5.72. The van der Waals surface area contributed by atoms with Gasteiger partial charge in [-0.05, 0) is 25.5 Å². The van der Waals surface area contributed by atoms with Crippen molar-refractivity contribution in [2.45, 2.75) is 33.0 Å².